The lowest BCUT2D eigenvalue weighted by Crippen LogP contribution is -2.19. The summed E-state index contributed by atoms with van der Waals surface area (Å²) in [4.78, 5) is 23.2. The number of carbonyl (C=O) groups excluding carboxylic acids is 2. The van der Waals surface area contributed by atoms with Crippen molar-refractivity contribution >= 4 is 24.8 Å². The van der Waals surface area contributed by atoms with Crippen molar-refractivity contribution in [3.05, 3.63) is 30.3 Å². The van der Waals surface area contributed by atoms with Crippen molar-refractivity contribution < 1.29 is 9.59 Å². The number of rotatable bonds is 3. The number of hydrogen-bond acceptors (Lipinski definition) is 2. The van der Waals surface area contributed by atoms with Crippen LogP contribution in [0.2, 0.25) is 0 Å². The smallest absolute Gasteiger partial charge is 0.133 e. The Hall–Kier alpha value is -1.01. The first-order valence-corrected chi connectivity index (χ1v) is 8.59. The van der Waals surface area contributed by atoms with Crippen LogP contribution in [0, 0.1) is 0 Å². The Morgan fingerprint density at radius 3 is 1.79 bits per heavy atom. The maximum atomic E-state index is 11.6. The molecule has 2 nitrogen and oxygen atoms in total. The number of benzene rings is 1. The lowest BCUT2D eigenvalue weighted by atomic mass is 10.3. The van der Waals surface area contributed by atoms with Gasteiger partial charge in [0.1, 0.15) is 11.6 Å². The highest BCUT2D eigenvalue weighted by Gasteiger charge is 2.38. The van der Waals surface area contributed by atoms with Gasteiger partial charge in [-0.1, -0.05) is 38.3 Å². The SMILES string of the molecule is O=C1CCC(P(c2ccccc2)C2CCC(=O)C2)C1. The Labute approximate surface area is 115 Å². The van der Waals surface area contributed by atoms with Gasteiger partial charge in [0.25, 0.3) is 0 Å². The molecule has 0 N–H and O–H groups in total. The topological polar surface area (TPSA) is 34.1 Å². The molecule has 2 aliphatic carbocycles. The van der Waals surface area contributed by atoms with Crippen LogP contribution < -0.4 is 5.30 Å². The van der Waals surface area contributed by atoms with Crippen molar-refractivity contribution in [2.45, 2.75) is 49.8 Å². The Balaban J connectivity index is 1.87. The number of hydrogen-bond donors (Lipinski definition) is 0. The van der Waals surface area contributed by atoms with Gasteiger partial charge in [0, 0.05) is 25.7 Å². The third kappa shape index (κ3) is 2.79. The van der Waals surface area contributed by atoms with Crippen molar-refractivity contribution in [2.24, 2.45) is 0 Å². The predicted molar refractivity (Wildman–Crippen MR) is 78.3 cm³/mol. The Kier molecular flexibility index (Phi) is 3.79. The summed E-state index contributed by atoms with van der Waals surface area (Å²) in [5, 5.41) is 1.39. The number of ketones is 2. The van der Waals surface area contributed by atoms with Crippen LogP contribution in [0.1, 0.15) is 38.5 Å². The van der Waals surface area contributed by atoms with Crippen LogP contribution in [-0.4, -0.2) is 22.9 Å². The summed E-state index contributed by atoms with van der Waals surface area (Å²) in [5.41, 5.74) is 1.03. The van der Waals surface area contributed by atoms with Gasteiger partial charge in [0.2, 0.25) is 0 Å². The summed E-state index contributed by atoms with van der Waals surface area (Å²) < 4.78 is 0. The van der Waals surface area contributed by atoms with Gasteiger partial charge in [0.05, 0.1) is 0 Å². The highest BCUT2D eigenvalue weighted by Crippen LogP contribution is 2.55. The van der Waals surface area contributed by atoms with E-state index in [0.717, 1.165) is 38.5 Å². The molecule has 3 heteroatoms. The molecule has 1 aromatic carbocycles. The molecule has 2 saturated carbocycles. The van der Waals surface area contributed by atoms with Crippen LogP contribution in [-0.2, 0) is 9.59 Å². The second-order valence-electron chi connectivity index (χ2n) is 5.61. The number of Topliss-reactive ketones (excluding diaryl/α,β-unsaturated/α-hetero) is 2. The third-order valence-corrected chi connectivity index (χ3v) is 7.63. The van der Waals surface area contributed by atoms with E-state index in [1.807, 2.05) is 6.07 Å². The van der Waals surface area contributed by atoms with Gasteiger partial charge in [-0.25, -0.2) is 0 Å². The molecule has 0 spiro atoms. The van der Waals surface area contributed by atoms with Gasteiger partial charge < -0.3 is 0 Å². The van der Waals surface area contributed by atoms with Gasteiger partial charge in [-0.15, -0.1) is 0 Å². The summed E-state index contributed by atoms with van der Waals surface area (Å²) in [6.45, 7) is 0. The van der Waals surface area contributed by atoms with E-state index in [4.69, 9.17) is 0 Å². The second kappa shape index (κ2) is 5.54. The molecule has 0 saturated heterocycles. The van der Waals surface area contributed by atoms with Crippen LogP contribution in [0.3, 0.4) is 0 Å². The standard InChI is InChI=1S/C16H19O2P/c17-12-6-8-15(10-12)19(14-4-2-1-3-5-14)16-9-7-13(18)11-16/h1-5,15-16H,6-11H2. The average molecular weight is 274 g/mol. The monoisotopic (exact) mass is 274 g/mol. The van der Waals surface area contributed by atoms with E-state index < -0.39 is 0 Å². The number of carbonyl (C=O) groups is 2. The van der Waals surface area contributed by atoms with E-state index in [1.165, 1.54) is 5.30 Å². The predicted octanol–water partition coefficient (Wildman–Crippen LogP) is 3.04. The molecule has 0 amide bonds. The highest BCUT2D eigenvalue weighted by molar-refractivity contribution is 7.67. The maximum absolute atomic E-state index is 11.6. The van der Waals surface area contributed by atoms with Gasteiger partial charge >= 0.3 is 0 Å². The lowest BCUT2D eigenvalue weighted by Gasteiger charge is -2.29. The third-order valence-electron chi connectivity index (χ3n) is 4.28. The lowest BCUT2D eigenvalue weighted by molar-refractivity contribution is -0.118. The summed E-state index contributed by atoms with van der Waals surface area (Å²) in [6.07, 6.45) is 5.04. The van der Waals surface area contributed by atoms with E-state index >= 15 is 0 Å². The molecule has 0 aliphatic heterocycles. The van der Waals surface area contributed by atoms with E-state index in [0.29, 0.717) is 22.9 Å². The zero-order valence-electron chi connectivity index (χ0n) is 11.0. The van der Waals surface area contributed by atoms with Crippen molar-refractivity contribution in [3.63, 3.8) is 0 Å². The maximum Gasteiger partial charge on any atom is 0.133 e. The normalized spacial score (nSPS) is 28.8. The fourth-order valence-electron chi connectivity index (χ4n) is 3.38. The zero-order valence-corrected chi connectivity index (χ0v) is 11.9. The highest BCUT2D eigenvalue weighted by atomic mass is 31.1. The van der Waals surface area contributed by atoms with E-state index in [1.54, 1.807) is 0 Å². The summed E-state index contributed by atoms with van der Waals surface area (Å²) in [7, 11) is -0.353. The van der Waals surface area contributed by atoms with Crippen molar-refractivity contribution in [1.82, 2.24) is 0 Å². The minimum absolute atomic E-state index is 0.353. The molecule has 2 aliphatic rings. The summed E-state index contributed by atoms with van der Waals surface area (Å²) in [6, 6.07) is 10.6. The van der Waals surface area contributed by atoms with Crippen molar-refractivity contribution in [1.29, 1.82) is 0 Å². The summed E-state index contributed by atoms with van der Waals surface area (Å²) in [5.74, 6) is 0.829. The van der Waals surface area contributed by atoms with Crippen LogP contribution in [0.4, 0.5) is 0 Å². The van der Waals surface area contributed by atoms with E-state index in [2.05, 4.69) is 24.3 Å². The first-order chi connectivity index (χ1) is 9.24. The molecule has 0 aromatic heterocycles. The van der Waals surface area contributed by atoms with Crippen LogP contribution >= 0.6 is 7.92 Å². The van der Waals surface area contributed by atoms with Gasteiger partial charge in [-0.3, -0.25) is 9.59 Å². The molecule has 1 aromatic rings. The molecule has 2 fully saturated rings. The fourth-order valence-corrected chi connectivity index (χ4v) is 6.95. The molecule has 100 valence electrons. The Bertz CT molecular complexity index is 457. The molecule has 2 atom stereocenters. The Morgan fingerprint density at radius 2 is 1.37 bits per heavy atom. The molecule has 19 heavy (non-hydrogen) atoms. The minimum atomic E-state index is -0.353. The first kappa shape index (κ1) is 13.0. The second-order valence-corrected chi connectivity index (χ2v) is 8.40. The van der Waals surface area contributed by atoms with Gasteiger partial charge in [-0.2, -0.15) is 0 Å². The molecular formula is C16H19O2P. The fraction of sp³-hybridized carbons (Fsp3) is 0.500. The van der Waals surface area contributed by atoms with Crippen LogP contribution in [0.5, 0.6) is 0 Å². The van der Waals surface area contributed by atoms with E-state index in [9.17, 15) is 9.59 Å². The first-order valence-electron chi connectivity index (χ1n) is 7.11. The molecule has 0 radical (unpaired) electrons. The molecule has 0 bridgehead atoms. The molecule has 0 heterocycles. The van der Waals surface area contributed by atoms with Gasteiger partial charge in [0.15, 0.2) is 0 Å². The van der Waals surface area contributed by atoms with Crippen LogP contribution in [0.25, 0.3) is 0 Å². The largest absolute Gasteiger partial charge is 0.300 e. The van der Waals surface area contributed by atoms with E-state index in [-0.39, 0.29) is 7.92 Å². The van der Waals surface area contributed by atoms with Gasteiger partial charge in [-0.05, 0) is 29.5 Å². The van der Waals surface area contributed by atoms with Crippen molar-refractivity contribution in [2.75, 3.05) is 0 Å². The zero-order chi connectivity index (χ0) is 13.2. The van der Waals surface area contributed by atoms with Crippen molar-refractivity contribution in [3.8, 4) is 0 Å². The molecule has 3 rings (SSSR count). The summed E-state index contributed by atoms with van der Waals surface area (Å²) >= 11 is 0. The molecule has 2 unspecified atom stereocenters. The quantitative estimate of drug-likeness (QED) is 0.794. The molecular weight excluding hydrogens is 255 g/mol. The minimum Gasteiger partial charge on any atom is -0.300 e. The Morgan fingerprint density at radius 1 is 0.842 bits per heavy atom. The van der Waals surface area contributed by atoms with Crippen LogP contribution in [0.15, 0.2) is 30.3 Å². The average Bonchev–Trinajstić information content (AvgIpc) is 3.01.